The molecular weight excluding hydrogens is 220 g/mol. The van der Waals surface area contributed by atoms with E-state index >= 15 is 0 Å². The van der Waals surface area contributed by atoms with Crippen molar-refractivity contribution in [3.63, 3.8) is 0 Å². The van der Waals surface area contributed by atoms with Gasteiger partial charge in [-0.3, -0.25) is 0 Å². The fourth-order valence-electron chi connectivity index (χ4n) is 1.44. The third kappa shape index (κ3) is 4.43. The first kappa shape index (κ1) is 13.4. The first-order valence-electron chi connectivity index (χ1n) is 5.42. The van der Waals surface area contributed by atoms with Gasteiger partial charge in [-0.05, 0) is 0 Å². The molecular formula is C12H20N2OS. The summed E-state index contributed by atoms with van der Waals surface area (Å²) in [4.78, 5) is 4.31. The van der Waals surface area contributed by atoms with Gasteiger partial charge in [-0.2, -0.15) is 0 Å². The van der Waals surface area contributed by atoms with Crippen LogP contribution in [0.3, 0.4) is 0 Å². The lowest BCUT2D eigenvalue weighted by molar-refractivity contribution is 0.195. The molecule has 16 heavy (non-hydrogen) atoms. The summed E-state index contributed by atoms with van der Waals surface area (Å²) in [5, 5.41) is 6.54. The Kier molecular flexibility index (Phi) is 5.66. The van der Waals surface area contributed by atoms with Crippen LogP contribution >= 0.6 is 11.3 Å². The number of hydrogen-bond donors (Lipinski definition) is 1. The average Bonchev–Trinajstić information content (AvgIpc) is 2.77. The average molecular weight is 240 g/mol. The van der Waals surface area contributed by atoms with E-state index in [0.29, 0.717) is 0 Å². The second kappa shape index (κ2) is 6.78. The number of hydrogen-bond acceptors (Lipinski definition) is 4. The summed E-state index contributed by atoms with van der Waals surface area (Å²) in [7, 11) is 1.71. The molecule has 1 aromatic heterocycles. The summed E-state index contributed by atoms with van der Waals surface area (Å²) < 4.78 is 5.00. The molecule has 0 fully saturated rings. The van der Waals surface area contributed by atoms with E-state index in [2.05, 4.69) is 23.8 Å². The maximum atomic E-state index is 5.00. The lowest BCUT2D eigenvalue weighted by Crippen LogP contribution is -2.33. The molecule has 0 amide bonds. The molecule has 1 atom stereocenters. The molecule has 90 valence electrons. The van der Waals surface area contributed by atoms with Crippen molar-refractivity contribution in [3.05, 3.63) is 29.2 Å². The van der Waals surface area contributed by atoms with Crippen LogP contribution in [0.15, 0.2) is 24.2 Å². The highest BCUT2D eigenvalue weighted by atomic mass is 32.1. The summed E-state index contributed by atoms with van der Waals surface area (Å²) in [6, 6.07) is 0. The monoisotopic (exact) mass is 240 g/mol. The van der Waals surface area contributed by atoms with Crippen LogP contribution in [0.4, 0.5) is 0 Å². The van der Waals surface area contributed by atoms with Crippen LogP contribution in [0.1, 0.15) is 11.9 Å². The highest BCUT2D eigenvalue weighted by Gasteiger charge is 2.21. The van der Waals surface area contributed by atoms with Gasteiger partial charge in [0.1, 0.15) is 0 Å². The molecule has 0 spiro atoms. The largest absolute Gasteiger partial charge is 0.383 e. The number of methoxy groups -OCH3 is 1. The van der Waals surface area contributed by atoms with Gasteiger partial charge in [0.05, 0.1) is 11.6 Å². The van der Waals surface area contributed by atoms with Crippen molar-refractivity contribution >= 4 is 11.3 Å². The highest BCUT2D eigenvalue weighted by Crippen LogP contribution is 2.24. The number of aromatic nitrogens is 1. The number of thiazole rings is 1. The molecule has 1 heterocycles. The van der Waals surface area contributed by atoms with Gasteiger partial charge >= 0.3 is 0 Å². The molecule has 0 aromatic carbocycles. The first-order chi connectivity index (χ1) is 7.70. The standard InChI is InChI=1S/C12H20N2OS/c1-4-12(2,10-13-5-7-15-3)9-11-14-6-8-16-11/h4,6,8,13H,1,5,7,9-10H2,2-3H3. The molecule has 1 rings (SSSR count). The lowest BCUT2D eigenvalue weighted by atomic mass is 9.87. The minimum Gasteiger partial charge on any atom is -0.383 e. The number of nitrogens with one attached hydrogen (secondary N) is 1. The van der Waals surface area contributed by atoms with Crippen LogP contribution in [0, 0.1) is 5.41 Å². The summed E-state index contributed by atoms with van der Waals surface area (Å²) in [5.41, 5.74) is 0.0611. The predicted molar refractivity (Wildman–Crippen MR) is 68.9 cm³/mol. The molecule has 1 N–H and O–H groups in total. The van der Waals surface area contributed by atoms with Gasteiger partial charge in [0.2, 0.25) is 0 Å². The van der Waals surface area contributed by atoms with Crippen molar-refractivity contribution in [1.29, 1.82) is 0 Å². The van der Waals surface area contributed by atoms with Crippen molar-refractivity contribution in [3.8, 4) is 0 Å². The minimum absolute atomic E-state index is 0.0611. The van der Waals surface area contributed by atoms with Crippen LogP contribution in [0.25, 0.3) is 0 Å². The van der Waals surface area contributed by atoms with E-state index < -0.39 is 0 Å². The van der Waals surface area contributed by atoms with E-state index in [9.17, 15) is 0 Å². The Bertz CT molecular complexity index is 300. The van der Waals surface area contributed by atoms with Crippen LogP contribution in [-0.2, 0) is 11.2 Å². The molecule has 0 aliphatic rings. The molecule has 0 bridgehead atoms. The molecule has 0 radical (unpaired) electrons. The van der Waals surface area contributed by atoms with E-state index in [1.807, 2.05) is 17.7 Å². The van der Waals surface area contributed by atoms with Crippen molar-refractivity contribution in [2.75, 3.05) is 26.8 Å². The number of ether oxygens (including phenoxy) is 1. The predicted octanol–water partition coefficient (Wildman–Crippen LogP) is 2.11. The lowest BCUT2D eigenvalue weighted by Gasteiger charge is -2.25. The summed E-state index contributed by atoms with van der Waals surface area (Å²) in [6.45, 7) is 8.63. The van der Waals surface area contributed by atoms with Gasteiger partial charge in [0.25, 0.3) is 0 Å². The zero-order valence-electron chi connectivity index (χ0n) is 10.0. The van der Waals surface area contributed by atoms with Gasteiger partial charge in [0.15, 0.2) is 0 Å². The fourth-order valence-corrected chi connectivity index (χ4v) is 2.25. The van der Waals surface area contributed by atoms with Gasteiger partial charge in [0, 0.05) is 43.6 Å². The van der Waals surface area contributed by atoms with Crippen molar-refractivity contribution in [2.45, 2.75) is 13.3 Å². The van der Waals surface area contributed by atoms with Crippen LogP contribution in [0.5, 0.6) is 0 Å². The Hall–Kier alpha value is -0.710. The van der Waals surface area contributed by atoms with Crippen molar-refractivity contribution < 1.29 is 4.74 Å². The normalized spacial score (nSPS) is 14.6. The van der Waals surface area contributed by atoms with Gasteiger partial charge in [-0.1, -0.05) is 13.0 Å². The molecule has 0 aliphatic heterocycles. The zero-order chi connectivity index (χ0) is 11.9. The molecule has 0 aliphatic carbocycles. The quantitative estimate of drug-likeness (QED) is 0.558. The smallest absolute Gasteiger partial charge is 0.0933 e. The van der Waals surface area contributed by atoms with Crippen LogP contribution in [0.2, 0.25) is 0 Å². The SMILES string of the molecule is C=CC(C)(CNCCOC)Cc1nccs1. The van der Waals surface area contributed by atoms with E-state index in [0.717, 1.165) is 31.1 Å². The Morgan fingerprint density at radius 1 is 1.69 bits per heavy atom. The summed E-state index contributed by atoms with van der Waals surface area (Å²) in [6.07, 6.45) is 4.80. The Labute approximate surface area is 102 Å². The Morgan fingerprint density at radius 3 is 3.06 bits per heavy atom. The van der Waals surface area contributed by atoms with Crippen LogP contribution in [-0.4, -0.2) is 31.8 Å². The number of nitrogens with zero attached hydrogens (tertiary/aromatic N) is 1. The molecule has 0 saturated carbocycles. The zero-order valence-corrected chi connectivity index (χ0v) is 10.8. The van der Waals surface area contributed by atoms with Gasteiger partial charge < -0.3 is 10.1 Å². The first-order valence-corrected chi connectivity index (χ1v) is 6.30. The summed E-state index contributed by atoms with van der Waals surface area (Å²) in [5.74, 6) is 0. The number of rotatable bonds is 8. The maximum Gasteiger partial charge on any atom is 0.0933 e. The van der Waals surface area contributed by atoms with E-state index in [1.165, 1.54) is 0 Å². The third-order valence-corrected chi connectivity index (χ3v) is 3.32. The minimum atomic E-state index is 0.0611. The molecule has 0 saturated heterocycles. The second-order valence-electron chi connectivity index (χ2n) is 4.13. The van der Waals surface area contributed by atoms with Crippen molar-refractivity contribution in [1.82, 2.24) is 10.3 Å². The van der Waals surface area contributed by atoms with Crippen LogP contribution < -0.4 is 5.32 Å². The second-order valence-corrected chi connectivity index (χ2v) is 5.11. The van der Waals surface area contributed by atoms with E-state index in [4.69, 9.17) is 4.74 Å². The molecule has 3 nitrogen and oxygen atoms in total. The third-order valence-electron chi connectivity index (χ3n) is 2.54. The van der Waals surface area contributed by atoms with Crippen molar-refractivity contribution in [2.24, 2.45) is 5.41 Å². The van der Waals surface area contributed by atoms with E-state index in [1.54, 1.807) is 18.4 Å². The molecule has 4 heteroatoms. The Balaban J connectivity index is 2.40. The van der Waals surface area contributed by atoms with E-state index in [-0.39, 0.29) is 5.41 Å². The Morgan fingerprint density at radius 2 is 2.50 bits per heavy atom. The van der Waals surface area contributed by atoms with Gasteiger partial charge in [-0.15, -0.1) is 17.9 Å². The summed E-state index contributed by atoms with van der Waals surface area (Å²) >= 11 is 1.70. The molecule has 1 aromatic rings. The van der Waals surface area contributed by atoms with Gasteiger partial charge in [-0.25, -0.2) is 4.98 Å². The topological polar surface area (TPSA) is 34.1 Å². The fraction of sp³-hybridized carbons (Fsp3) is 0.583. The maximum absolute atomic E-state index is 5.00. The highest BCUT2D eigenvalue weighted by molar-refractivity contribution is 7.09. The molecule has 1 unspecified atom stereocenters.